The van der Waals surface area contributed by atoms with Gasteiger partial charge in [-0.25, -0.2) is 0 Å². The molecular weight excluding hydrogens is 186 g/mol. The van der Waals surface area contributed by atoms with Crippen LogP contribution in [0.1, 0.15) is 56.4 Å². The molecule has 0 aromatic carbocycles. The van der Waals surface area contributed by atoms with Crippen molar-refractivity contribution in [2.45, 2.75) is 46.5 Å². The van der Waals surface area contributed by atoms with Gasteiger partial charge in [0, 0.05) is 18.8 Å². The van der Waals surface area contributed by atoms with Gasteiger partial charge in [0.1, 0.15) is 0 Å². The zero-order valence-electron chi connectivity index (χ0n) is 10.6. The van der Waals surface area contributed by atoms with E-state index in [1.54, 1.807) is 10.6 Å². The second-order valence-electron chi connectivity index (χ2n) is 4.83. The van der Waals surface area contributed by atoms with Gasteiger partial charge < -0.3 is 4.57 Å². The summed E-state index contributed by atoms with van der Waals surface area (Å²) in [7, 11) is 1.86. The van der Waals surface area contributed by atoms with Gasteiger partial charge in [0.2, 0.25) is 0 Å². The molecule has 0 aliphatic heterocycles. The van der Waals surface area contributed by atoms with Gasteiger partial charge in [0.25, 0.3) is 5.56 Å². The van der Waals surface area contributed by atoms with E-state index in [0.717, 1.165) is 5.56 Å². The molecule has 0 atom stereocenters. The number of nitrogens with zero attached hydrogens (tertiary/aromatic N) is 1. The predicted molar refractivity (Wildman–Crippen MR) is 64.6 cm³/mol. The molecule has 0 aliphatic carbocycles. The van der Waals surface area contributed by atoms with Crippen molar-refractivity contribution in [1.29, 1.82) is 0 Å². The molecule has 0 N–H and O–H groups in total. The lowest BCUT2D eigenvalue weighted by atomic mass is 9.91. The van der Waals surface area contributed by atoms with Crippen molar-refractivity contribution >= 4 is 0 Å². The predicted octanol–water partition coefficient (Wildman–Crippen LogP) is 2.94. The Morgan fingerprint density at radius 2 is 1.67 bits per heavy atom. The monoisotopic (exact) mass is 207 g/mol. The lowest BCUT2D eigenvalue weighted by molar-refractivity contribution is 0.666. The number of rotatable bonds is 2. The van der Waals surface area contributed by atoms with Crippen LogP contribution in [0.15, 0.2) is 10.9 Å². The second-order valence-corrected chi connectivity index (χ2v) is 4.83. The fourth-order valence-electron chi connectivity index (χ4n) is 2.31. The number of aryl methyl sites for hydroxylation is 1. The maximum absolute atomic E-state index is 11.7. The van der Waals surface area contributed by atoms with E-state index in [0.29, 0.717) is 11.8 Å². The molecule has 0 aliphatic rings. The second kappa shape index (κ2) is 4.21. The van der Waals surface area contributed by atoms with Gasteiger partial charge in [-0.05, 0) is 29.9 Å². The molecule has 2 nitrogen and oxygen atoms in total. The minimum atomic E-state index is 0.0978. The molecule has 0 spiro atoms. The Balaban J connectivity index is 3.62. The summed E-state index contributed by atoms with van der Waals surface area (Å²) in [4.78, 5) is 11.7. The van der Waals surface area contributed by atoms with E-state index < -0.39 is 0 Å². The minimum absolute atomic E-state index is 0.0978. The zero-order chi connectivity index (χ0) is 11.7. The van der Waals surface area contributed by atoms with E-state index in [9.17, 15) is 4.79 Å². The van der Waals surface area contributed by atoms with Gasteiger partial charge in [0.15, 0.2) is 0 Å². The summed E-state index contributed by atoms with van der Waals surface area (Å²) in [6.07, 6.45) is 0. The zero-order valence-corrected chi connectivity index (χ0v) is 10.6. The molecule has 0 unspecified atom stereocenters. The minimum Gasteiger partial charge on any atom is -0.315 e. The van der Waals surface area contributed by atoms with Crippen molar-refractivity contribution in [2.75, 3.05) is 0 Å². The van der Waals surface area contributed by atoms with Crippen LogP contribution in [-0.4, -0.2) is 4.57 Å². The highest BCUT2D eigenvalue weighted by Crippen LogP contribution is 2.27. The first-order valence-corrected chi connectivity index (χ1v) is 5.56. The molecule has 0 bridgehead atoms. The summed E-state index contributed by atoms with van der Waals surface area (Å²) in [6.45, 7) is 10.7. The molecule has 2 heteroatoms. The Morgan fingerprint density at radius 1 is 1.13 bits per heavy atom. The summed E-state index contributed by atoms with van der Waals surface area (Å²) in [5.74, 6) is 0.856. The Kier molecular flexibility index (Phi) is 3.38. The largest absolute Gasteiger partial charge is 0.315 e. The van der Waals surface area contributed by atoms with E-state index in [4.69, 9.17) is 0 Å². The highest BCUT2D eigenvalue weighted by Gasteiger charge is 2.16. The molecule has 1 heterocycles. The van der Waals surface area contributed by atoms with Gasteiger partial charge in [-0.15, -0.1) is 0 Å². The summed E-state index contributed by atoms with van der Waals surface area (Å²) in [6, 6.07) is 1.74. The third-order valence-corrected chi connectivity index (χ3v) is 2.86. The fourth-order valence-corrected chi connectivity index (χ4v) is 2.31. The van der Waals surface area contributed by atoms with Crippen LogP contribution in [0.5, 0.6) is 0 Å². The Morgan fingerprint density at radius 3 is 2.07 bits per heavy atom. The first-order chi connectivity index (χ1) is 6.86. The quantitative estimate of drug-likeness (QED) is 0.731. The normalized spacial score (nSPS) is 11.5. The average Bonchev–Trinajstić information content (AvgIpc) is 2.09. The van der Waals surface area contributed by atoms with E-state index in [-0.39, 0.29) is 5.56 Å². The van der Waals surface area contributed by atoms with Crippen LogP contribution in [0, 0.1) is 6.92 Å². The van der Waals surface area contributed by atoms with Crippen LogP contribution in [0.4, 0.5) is 0 Å². The van der Waals surface area contributed by atoms with Crippen LogP contribution in [-0.2, 0) is 7.05 Å². The molecule has 1 rings (SSSR count). The number of hydrogen-bond acceptors (Lipinski definition) is 1. The number of hydrogen-bond donors (Lipinski definition) is 0. The molecule has 84 valence electrons. The topological polar surface area (TPSA) is 22.0 Å². The molecule has 0 amide bonds. The Bertz CT molecular complexity index is 413. The maximum Gasteiger partial charge on any atom is 0.250 e. The van der Waals surface area contributed by atoms with Crippen molar-refractivity contribution < 1.29 is 0 Å². The van der Waals surface area contributed by atoms with E-state index >= 15 is 0 Å². The lowest BCUT2D eigenvalue weighted by Crippen LogP contribution is -2.24. The molecular formula is C13H21NO. The van der Waals surface area contributed by atoms with E-state index in [1.807, 2.05) is 14.0 Å². The fraction of sp³-hybridized carbons (Fsp3) is 0.615. The van der Waals surface area contributed by atoms with Crippen LogP contribution in [0.2, 0.25) is 0 Å². The van der Waals surface area contributed by atoms with Crippen LogP contribution < -0.4 is 5.56 Å². The van der Waals surface area contributed by atoms with Gasteiger partial charge in [-0.3, -0.25) is 4.79 Å². The molecule has 15 heavy (non-hydrogen) atoms. The molecule has 0 saturated heterocycles. The van der Waals surface area contributed by atoms with Crippen molar-refractivity contribution in [3.05, 3.63) is 33.2 Å². The lowest BCUT2D eigenvalue weighted by Gasteiger charge is -2.21. The third-order valence-electron chi connectivity index (χ3n) is 2.86. The molecule has 1 aromatic rings. The first kappa shape index (κ1) is 12.0. The van der Waals surface area contributed by atoms with Crippen LogP contribution >= 0.6 is 0 Å². The maximum atomic E-state index is 11.7. The SMILES string of the molecule is Cc1cc(=O)n(C)c(C(C)C)c1C(C)C. The highest BCUT2D eigenvalue weighted by molar-refractivity contribution is 5.34. The van der Waals surface area contributed by atoms with Crippen LogP contribution in [0.25, 0.3) is 0 Å². The summed E-state index contributed by atoms with van der Waals surface area (Å²) >= 11 is 0. The number of pyridine rings is 1. The van der Waals surface area contributed by atoms with Gasteiger partial charge in [-0.2, -0.15) is 0 Å². The first-order valence-electron chi connectivity index (χ1n) is 5.56. The highest BCUT2D eigenvalue weighted by atomic mass is 16.1. The number of aromatic nitrogens is 1. The molecule has 0 radical (unpaired) electrons. The molecule has 0 saturated carbocycles. The van der Waals surface area contributed by atoms with Crippen molar-refractivity contribution in [3.63, 3.8) is 0 Å². The average molecular weight is 207 g/mol. The van der Waals surface area contributed by atoms with Crippen LogP contribution in [0.3, 0.4) is 0 Å². The third kappa shape index (κ3) is 2.14. The Hall–Kier alpha value is -1.05. The summed E-state index contributed by atoms with van der Waals surface area (Å²) < 4.78 is 1.78. The van der Waals surface area contributed by atoms with Crippen molar-refractivity contribution in [2.24, 2.45) is 7.05 Å². The molecule has 1 aromatic heterocycles. The van der Waals surface area contributed by atoms with Gasteiger partial charge >= 0.3 is 0 Å². The Labute approximate surface area is 91.9 Å². The van der Waals surface area contributed by atoms with E-state index in [1.165, 1.54) is 11.3 Å². The van der Waals surface area contributed by atoms with Gasteiger partial charge in [0.05, 0.1) is 0 Å². The standard InChI is InChI=1S/C13H21NO/c1-8(2)12-10(5)7-11(15)14(6)13(12)9(3)4/h7-9H,1-6H3. The smallest absolute Gasteiger partial charge is 0.250 e. The van der Waals surface area contributed by atoms with E-state index in [2.05, 4.69) is 27.7 Å². The van der Waals surface area contributed by atoms with Crippen molar-refractivity contribution in [3.8, 4) is 0 Å². The van der Waals surface area contributed by atoms with Gasteiger partial charge in [-0.1, -0.05) is 27.7 Å². The van der Waals surface area contributed by atoms with Crippen molar-refractivity contribution in [1.82, 2.24) is 4.57 Å². The summed E-state index contributed by atoms with van der Waals surface area (Å²) in [5, 5.41) is 0. The summed E-state index contributed by atoms with van der Waals surface area (Å²) in [5.41, 5.74) is 3.72. The molecule has 0 fully saturated rings.